The molecule has 0 amide bonds. The average Bonchev–Trinajstić information content (AvgIpc) is 2.47. The van der Waals surface area contributed by atoms with Gasteiger partial charge in [0.15, 0.2) is 5.92 Å². The van der Waals surface area contributed by atoms with Crippen LogP contribution in [0.4, 0.5) is 4.39 Å². The summed E-state index contributed by atoms with van der Waals surface area (Å²) in [6.45, 7) is 0. The van der Waals surface area contributed by atoms with Gasteiger partial charge in [-0.05, 0) is 17.7 Å². The standard InChI is InChI=1S/C14H14FNO4/c1-19-13(17)7-11(12(8-16)14(18)20-2)9-3-5-10(15)6-4-9/h3-6,11-12H,7H2,1-2H3/t11-,12-/m0/s1. The smallest absolute Gasteiger partial charge is 0.323 e. The molecule has 0 aromatic heterocycles. The van der Waals surface area contributed by atoms with Gasteiger partial charge in [0.1, 0.15) is 5.82 Å². The van der Waals surface area contributed by atoms with Crippen LogP contribution in [0.3, 0.4) is 0 Å². The first-order chi connectivity index (χ1) is 9.53. The van der Waals surface area contributed by atoms with Crippen molar-refractivity contribution in [3.05, 3.63) is 35.6 Å². The second kappa shape index (κ2) is 7.24. The number of rotatable bonds is 5. The van der Waals surface area contributed by atoms with Crippen molar-refractivity contribution in [1.82, 2.24) is 0 Å². The molecular weight excluding hydrogens is 265 g/mol. The third-order valence-electron chi connectivity index (χ3n) is 2.91. The normalized spacial score (nSPS) is 12.9. The molecule has 0 saturated heterocycles. The molecule has 0 N–H and O–H groups in total. The molecule has 0 heterocycles. The third-order valence-corrected chi connectivity index (χ3v) is 2.91. The van der Waals surface area contributed by atoms with Crippen LogP contribution in [0.15, 0.2) is 24.3 Å². The Bertz CT molecular complexity index is 521. The summed E-state index contributed by atoms with van der Waals surface area (Å²) in [4.78, 5) is 23.1. The highest BCUT2D eigenvalue weighted by Crippen LogP contribution is 2.29. The maximum absolute atomic E-state index is 12.9. The topological polar surface area (TPSA) is 76.4 Å². The number of benzene rings is 1. The van der Waals surface area contributed by atoms with Gasteiger partial charge in [-0.15, -0.1) is 0 Å². The SMILES string of the molecule is COC(=O)C[C@@H](c1ccc(F)cc1)[C@H](C#N)C(=O)OC. The molecule has 5 nitrogen and oxygen atoms in total. The van der Waals surface area contributed by atoms with Gasteiger partial charge in [-0.25, -0.2) is 4.39 Å². The molecule has 20 heavy (non-hydrogen) atoms. The van der Waals surface area contributed by atoms with Crippen LogP contribution in [0.2, 0.25) is 0 Å². The largest absolute Gasteiger partial charge is 0.469 e. The number of carbonyl (C=O) groups is 2. The Hall–Kier alpha value is -2.42. The van der Waals surface area contributed by atoms with Gasteiger partial charge in [0.05, 0.1) is 26.7 Å². The highest BCUT2D eigenvalue weighted by atomic mass is 19.1. The van der Waals surface area contributed by atoms with Crippen molar-refractivity contribution in [2.75, 3.05) is 14.2 Å². The van der Waals surface area contributed by atoms with E-state index in [0.29, 0.717) is 5.56 Å². The molecule has 0 aliphatic carbocycles. The second-order valence-electron chi connectivity index (χ2n) is 4.07. The Morgan fingerprint density at radius 2 is 1.85 bits per heavy atom. The number of hydrogen-bond acceptors (Lipinski definition) is 5. The zero-order chi connectivity index (χ0) is 15.1. The highest BCUT2D eigenvalue weighted by Gasteiger charge is 2.32. The van der Waals surface area contributed by atoms with Crippen molar-refractivity contribution in [3.63, 3.8) is 0 Å². The molecule has 1 aromatic rings. The van der Waals surface area contributed by atoms with Crippen molar-refractivity contribution in [1.29, 1.82) is 5.26 Å². The molecule has 0 saturated carbocycles. The van der Waals surface area contributed by atoms with E-state index in [2.05, 4.69) is 9.47 Å². The van der Waals surface area contributed by atoms with Gasteiger partial charge in [-0.1, -0.05) is 12.1 Å². The lowest BCUT2D eigenvalue weighted by atomic mass is 9.84. The fraction of sp³-hybridized carbons (Fsp3) is 0.357. The first-order valence-electron chi connectivity index (χ1n) is 5.83. The molecule has 0 aliphatic heterocycles. The van der Waals surface area contributed by atoms with Gasteiger partial charge < -0.3 is 9.47 Å². The molecule has 0 fully saturated rings. The summed E-state index contributed by atoms with van der Waals surface area (Å²) in [6.07, 6.45) is -0.171. The van der Waals surface area contributed by atoms with E-state index >= 15 is 0 Å². The van der Waals surface area contributed by atoms with Crippen LogP contribution in [-0.2, 0) is 19.1 Å². The van der Waals surface area contributed by atoms with Crippen molar-refractivity contribution in [2.24, 2.45) is 5.92 Å². The van der Waals surface area contributed by atoms with Crippen LogP contribution in [0, 0.1) is 23.1 Å². The zero-order valence-corrected chi connectivity index (χ0v) is 11.1. The number of nitriles is 1. The van der Waals surface area contributed by atoms with Gasteiger partial charge in [0, 0.05) is 5.92 Å². The zero-order valence-electron chi connectivity index (χ0n) is 11.1. The van der Waals surface area contributed by atoms with Crippen molar-refractivity contribution < 1.29 is 23.5 Å². The second-order valence-corrected chi connectivity index (χ2v) is 4.07. The number of esters is 2. The van der Waals surface area contributed by atoms with E-state index < -0.39 is 29.6 Å². The minimum Gasteiger partial charge on any atom is -0.469 e. The molecule has 6 heteroatoms. The monoisotopic (exact) mass is 279 g/mol. The lowest BCUT2D eigenvalue weighted by molar-refractivity contribution is -0.145. The van der Waals surface area contributed by atoms with Crippen molar-refractivity contribution in [2.45, 2.75) is 12.3 Å². The summed E-state index contributed by atoms with van der Waals surface area (Å²) in [5.41, 5.74) is 0.494. The Labute approximate surface area is 115 Å². The summed E-state index contributed by atoms with van der Waals surface area (Å²) in [6, 6.07) is 7.07. The number of carbonyl (C=O) groups excluding carboxylic acids is 2. The van der Waals surface area contributed by atoms with Crippen LogP contribution >= 0.6 is 0 Å². The lowest BCUT2D eigenvalue weighted by Crippen LogP contribution is -2.25. The van der Waals surface area contributed by atoms with E-state index in [1.807, 2.05) is 6.07 Å². The molecule has 0 aliphatic rings. The maximum atomic E-state index is 12.9. The summed E-state index contributed by atoms with van der Waals surface area (Å²) < 4.78 is 22.1. The Kier molecular flexibility index (Phi) is 5.66. The molecule has 2 atom stereocenters. The number of methoxy groups -OCH3 is 2. The average molecular weight is 279 g/mol. The predicted molar refractivity (Wildman–Crippen MR) is 66.9 cm³/mol. The Morgan fingerprint density at radius 3 is 2.30 bits per heavy atom. The van der Waals surface area contributed by atoms with Crippen LogP contribution in [0.25, 0.3) is 0 Å². The number of hydrogen-bond donors (Lipinski definition) is 0. The molecule has 106 valence electrons. The quantitative estimate of drug-likeness (QED) is 0.768. The Balaban J connectivity index is 3.13. The van der Waals surface area contributed by atoms with Gasteiger partial charge in [-0.3, -0.25) is 9.59 Å². The van der Waals surface area contributed by atoms with Crippen molar-refractivity contribution >= 4 is 11.9 Å². The summed E-state index contributed by atoms with van der Waals surface area (Å²) in [5, 5.41) is 9.12. The van der Waals surface area contributed by atoms with Crippen LogP contribution < -0.4 is 0 Å². The van der Waals surface area contributed by atoms with Gasteiger partial charge in [0.25, 0.3) is 0 Å². The van der Waals surface area contributed by atoms with Crippen LogP contribution in [0.1, 0.15) is 17.9 Å². The van der Waals surface area contributed by atoms with Crippen LogP contribution in [0.5, 0.6) is 0 Å². The lowest BCUT2D eigenvalue weighted by Gasteiger charge is -2.19. The summed E-state index contributed by atoms with van der Waals surface area (Å²) >= 11 is 0. The first-order valence-corrected chi connectivity index (χ1v) is 5.83. The van der Waals surface area contributed by atoms with Crippen LogP contribution in [-0.4, -0.2) is 26.2 Å². The van der Waals surface area contributed by atoms with E-state index in [-0.39, 0.29) is 6.42 Å². The minimum atomic E-state index is -1.16. The van der Waals surface area contributed by atoms with E-state index in [0.717, 1.165) is 7.11 Å². The number of ether oxygens (including phenoxy) is 2. The van der Waals surface area contributed by atoms with Gasteiger partial charge in [0.2, 0.25) is 0 Å². The van der Waals surface area contributed by atoms with E-state index in [1.54, 1.807) is 0 Å². The van der Waals surface area contributed by atoms with Gasteiger partial charge >= 0.3 is 11.9 Å². The summed E-state index contributed by atoms with van der Waals surface area (Å²) in [5.74, 6) is -3.67. The molecule has 1 aromatic carbocycles. The van der Waals surface area contributed by atoms with Crippen molar-refractivity contribution in [3.8, 4) is 6.07 Å². The molecule has 1 rings (SSSR count). The molecular formula is C14H14FNO4. The number of nitrogens with zero attached hydrogens (tertiary/aromatic N) is 1. The first kappa shape index (κ1) is 15.6. The molecule has 0 unspecified atom stereocenters. The maximum Gasteiger partial charge on any atom is 0.323 e. The number of halogens is 1. The minimum absolute atomic E-state index is 0.171. The van der Waals surface area contributed by atoms with E-state index in [1.165, 1.54) is 31.4 Å². The fourth-order valence-electron chi connectivity index (χ4n) is 1.83. The summed E-state index contributed by atoms with van der Waals surface area (Å²) in [7, 11) is 2.37. The molecule has 0 bridgehead atoms. The third kappa shape index (κ3) is 3.79. The molecule has 0 radical (unpaired) electrons. The van der Waals surface area contributed by atoms with E-state index in [9.17, 15) is 14.0 Å². The van der Waals surface area contributed by atoms with E-state index in [4.69, 9.17) is 5.26 Å². The Morgan fingerprint density at radius 1 is 1.25 bits per heavy atom. The highest BCUT2D eigenvalue weighted by molar-refractivity contribution is 5.78. The fourth-order valence-corrected chi connectivity index (χ4v) is 1.83. The molecule has 0 spiro atoms. The van der Waals surface area contributed by atoms with Gasteiger partial charge in [-0.2, -0.15) is 5.26 Å². The predicted octanol–water partition coefficient (Wildman–Crippen LogP) is 1.79.